The predicted octanol–water partition coefficient (Wildman–Crippen LogP) is 3.67. The molecule has 0 unspecified atom stereocenters. The molecule has 1 amide bonds. The number of aromatic nitrogens is 5. The minimum absolute atomic E-state index is 0.0000872. The zero-order valence-electron chi connectivity index (χ0n) is 18.8. The molecule has 10 heteroatoms. The van der Waals surface area contributed by atoms with Gasteiger partial charge < -0.3 is 20.4 Å². The fourth-order valence-electron chi connectivity index (χ4n) is 4.68. The fraction of sp³-hybridized carbons (Fsp3) is 0.391. The summed E-state index contributed by atoms with van der Waals surface area (Å²) in [4.78, 5) is 27.9. The van der Waals surface area contributed by atoms with Crippen LogP contribution in [0.25, 0.3) is 27.8 Å². The van der Waals surface area contributed by atoms with Crippen molar-refractivity contribution in [3.05, 3.63) is 36.7 Å². The van der Waals surface area contributed by atoms with E-state index in [0.717, 1.165) is 42.2 Å². The first-order valence-corrected chi connectivity index (χ1v) is 11.0. The molecule has 1 fully saturated rings. The molecule has 4 aromatic rings. The Labute approximate surface area is 189 Å². The van der Waals surface area contributed by atoms with Crippen LogP contribution in [-0.2, 0) is 4.79 Å². The van der Waals surface area contributed by atoms with Gasteiger partial charge in [0.1, 0.15) is 11.3 Å². The van der Waals surface area contributed by atoms with Gasteiger partial charge in [-0.15, -0.1) is 0 Å². The Kier molecular flexibility index (Phi) is 5.15. The molecule has 0 aliphatic heterocycles. The molecule has 5 rings (SSSR count). The van der Waals surface area contributed by atoms with E-state index < -0.39 is 5.95 Å². The SMILES string of the molecule is COc1nc(N[C@H]2CC[C@](C)(NC(C)=O)CC2)nc2[nH]cc(-c3ccc4ncc(F)n4c3)c12. The Hall–Kier alpha value is -3.69. The highest BCUT2D eigenvalue weighted by Crippen LogP contribution is 2.35. The zero-order valence-corrected chi connectivity index (χ0v) is 18.8. The van der Waals surface area contributed by atoms with Gasteiger partial charge in [0.2, 0.25) is 23.7 Å². The number of carbonyl (C=O) groups excluding carboxylic acids is 1. The third kappa shape index (κ3) is 3.96. The first-order valence-electron chi connectivity index (χ1n) is 11.0. The van der Waals surface area contributed by atoms with Gasteiger partial charge in [-0.1, -0.05) is 0 Å². The number of anilines is 1. The van der Waals surface area contributed by atoms with E-state index in [9.17, 15) is 9.18 Å². The van der Waals surface area contributed by atoms with E-state index in [1.165, 1.54) is 10.6 Å². The summed E-state index contributed by atoms with van der Waals surface area (Å²) < 4.78 is 21.0. The van der Waals surface area contributed by atoms with Crippen LogP contribution >= 0.6 is 0 Å². The normalized spacial score (nSPS) is 20.8. The van der Waals surface area contributed by atoms with Crippen LogP contribution in [0.1, 0.15) is 39.5 Å². The van der Waals surface area contributed by atoms with Gasteiger partial charge >= 0.3 is 0 Å². The van der Waals surface area contributed by atoms with E-state index in [4.69, 9.17) is 4.74 Å². The molecule has 0 radical (unpaired) electrons. The van der Waals surface area contributed by atoms with Crippen LogP contribution in [0.3, 0.4) is 0 Å². The molecule has 172 valence electrons. The maximum absolute atomic E-state index is 14.0. The number of halogens is 1. The van der Waals surface area contributed by atoms with Crippen LogP contribution in [0.2, 0.25) is 0 Å². The molecular formula is C23H26FN7O2. The Balaban J connectivity index is 1.41. The number of hydrogen-bond donors (Lipinski definition) is 3. The number of hydrogen-bond acceptors (Lipinski definition) is 6. The average Bonchev–Trinajstić information content (AvgIpc) is 3.38. The van der Waals surface area contributed by atoms with Crippen molar-refractivity contribution in [3.8, 4) is 17.0 Å². The van der Waals surface area contributed by atoms with E-state index in [2.05, 4.69) is 37.5 Å². The van der Waals surface area contributed by atoms with Gasteiger partial charge in [0.05, 0.1) is 18.7 Å². The van der Waals surface area contributed by atoms with Crippen LogP contribution in [0.4, 0.5) is 10.3 Å². The molecule has 3 N–H and O–H groups in total. The number of aromatic amines is 1. The van der Waals surface area contributed by atoms with Crippen molar-refractivity contribution >= 4 is 28.5 Å². The second kappa shape index (κ2) is 8.02. The van der Waals surface area contributed by atoms with Crippen molar-refractivity contribution in [3.63, 3.8) is 0 Å². The van der Waals surface area contributed by atoms with Gasteiger partial charge in [0.15, 0.2) is 0 Å². The van der Waals surface area contributed by atoms with E-state index in [-0.39, 0.29) is 17.5 Å². The molecule has 0 saturated heterocycles. The zero-order chi connectivity index (χ0) is 23.2. The van der Waals surface area contributed by atoms with Crippen LogP contribution in [-0.4, -0.2) is 48.9 Å². The van der Waals surface area contributed by atoms with Crippen molar-refractivity contribution in [2.24, 2.45) is 0 Å². The smallest absolute Gasteiger partial charge is 0.228 e. The van der Waals surface area contributed by atoms with Crippen molar-refractivity contribution in [2.45, 2.75) is 51.1 Å². The Bertz CT molecular complexity index is 1340. The summed E-state index contributed by atoms with van der Waals surface area (Å²) in [5.74, 6) is 0.490. The number of methoxy groups -OCH3 is 1. The number of imidazole rings is 1. The van der Waals surface area contributed by atoms with Crippen molar-refractivity contribution in [1.29, 1.82) is 0 Å². The summed E-state index contributed by atoms with van der Waals surface area (Å²) in [6, 6.07) is 3.85. The van der Waals surface area contributed by atoms with E-state index in [0.29, 0.717) is 23.1 Å². The van der Waals surface area contributed by atoms with E-state index in [1.807, 2.05) is 12.3 Å². The maximum Gasteiger partial charge on any atom is 0.228 e. The molecule has 0 atom stereocenters. The summed E-state index contributed by atoms with van der Waals surface area (Å²) in [6.45, 7) is 3.64. The molecule has 1 saturated carbocycles. The van der Waals surface area contributed by atoms with Crippen molar-refractivity contribution in [1.82, 2.24) is 29.7 Å². The monoisotopic (exact) mass is 451 g/mol. The number of rotatable bonds is 5. The number of nitrogens with one attached hydrogen (secondary N) is 3. The number of ether oxygens (including phenoxy) is 1. The van der Waals surface area contributed by atoms with Crippen LogP contribution in [0.15, 0.2) is 30.7 Å². The summed E-state index contributed by atoms with van der Waals surface area (Å²) in [6.07, 6.45) is 8.26. The Morgan fingerprint density at radius 2 is 2.09 bits per heavy atom. The molecule has 9 nitrogen and oxygen atoms in total. The topological polar surface area (TPSA) is 109 Å². The Morgan fingerprint density at radius 1 is 1.30 bits per heavy atom. The lowest BCUT2D eigenvalue weighted by molar-refractivity contribution is -0.121. The second-order valence-electron chi connectivity index (χ2n) is 8.87. The number of amides is 1. The lowest BCUT2D eigenvalue weighted by Crippen LogP contribution is -2.49. The van der Waals surface area contributed by atoms with Crippen LogP contribution < -0.4 is 15.4 Å². The van der Waals surface area contributed by atoms with E-state index in [1.54, 1.807) is 26.3 Å². The lowest BCUT2D eigenvalue weighted by atomic mass is 9.81. The highest BCUT2D eigenvalue weighted by atomic mass is 19.1. The summed E-state index contributed by atoms with van der Waals surface area (Å²) in [5.41, 5.74) is 2.60. The second-order valence-corrected chi connectivity index (χ2v) is 8.87. The number of carbonyl (C=O) groups is 1. The first-order chi connectivity index (χ1) is 15.8. The van der Waals surface area contributed by atoms with Gasteiger partial charge in [-0.25, -0.2) is 4.98 Å². The fourth-order valence-corrected chi connectivity index (χ4v) is 4.68. The van der Waals surface area contributed by atoms with Gasteiger partial charge in [0, 0.05) is 42.0 Å². The third-order valence-electron chi connectivity index (χ3n) is 6.36. The molecule has 4 aromatic heterocycles. The van der Waals surface area contributed by atoms with Gasteiger partial charge in [0.25, 0.3) is 0 Å². The van der Waals surface area contributed by atoms with Crippen molar-refractivity contribution < 1.29 is 13.9 Å². The lowest BCUT2D eigenvalue weighted by Gasteiger charge is -2.38. The highest BCUT2D eigenvalue weighted by molar-refractivity contribution is 5.97. The molecule has 1 aliphatic carbocycles. The van der Waals surface area contributed by atoms with E-state index >= 15 is 0 Å². The molecule has 33 heavy (non-hydrogen) atoms. The van der Waals surface area contributed by atoms with Gasteiger partial charge in [-0.3, -0.25) is 9.20 Å². The predicted molar refractivity (Wildman–Crippen MR) is 123 cm³/mol. The molecule has 0 spiro atoms. The summed E-state index contributed by atoms with van der Waals surface area (Å²) in [7, 11) is 1.57. The maximum atomic E-state index is 14.0. The minimum atomic E-state index is -0.427. The number of fused-ring (bicyclic) bond motifs is 2. The Morgan fingerprint density at radius 3 is 2.82 bits per heavy atom. The third-order valence-corrected chi connectivity index (χ3v) is 6.36. The van der Waals surface area contributed by atoms with Gasteiger partial charge in [-0.2, -0.15) is 14.4 Å². The number of H-pyrrole nitrogens is 1. The quantitative estimate of drug-likeness (QED) is 0.427. The van der Waals surface area contributed by atoms with Gasteiger partial charge in [-0.05, 0) is 44.7 Å². The van der Waals surface area contributed by atoms with Crippen molar-refractivity contribution in [2.75, 3.05) is 12.4 Å². The number of pyridine rings is 1. The minimum Gasteiger partial charge on any atom is -0.480 e. The average molecular weight is 452 g/mol. The molecule has 0 bridgehead atoms. The molecule has 1 aliphatic rings. The molecule has 0 aromatic carbocycles. The molecular weight excluding hydrogens is 425 g/mol. The summed E-state index contributed by atoms with van der Waals surface area (Å²) in [5, 5.41) is 7.21. The summed E-state index contributed by atoms with van der Waals surface area (Å²) >= 11 is 0. The van der Waals surface area contributed by atoms with Crippen LogP contribution in [0.5, 0.6) is 5.88 Å². The first kappa shape index (κ1) is 21.2. The largest absolute Gasteiger partial charge is 0.480 e. The van der Waals surface area contributed by atoms with Crippen LogP contribution in [0, 0.1) is 5.95 Å². The number of nitrogens with zero attached hydrogens (tertiary/aromatic N) is 4. The molecule has 4 heterocycles. The standard InChI is InChI=1S/C23H26FN7O2/c1-13(32)30-23(2)8-6-15(7-9-23)27-22-28-20-19(21(29-22)33-3)16(10-26-20)14-4-5-18-25-11-17(24)31(18)12-14/h4-5,10-12,15H,6-9H2,1-3H3,(H,30,32)(H2,26,27,28,29)/t15-,23-. The highest BCUT2D eigenvalue weighted by Gasteiger charge is 2.32.